The first kappa shape index (κ1) is 17.6. The van der Waals surface area contributed by atoms with Crippen molar-refractivity contribution in [2.75, 3.05) is 38.1 Å². The van der Waals surface area contributed by atoms with Crippen LogP contribution in [0.25, 0.3) is 0 Å². The number of aryl methyl sites for hydroxylation is 2. The Morgan fingerprint density at radius 3 is 2.78 bits per heavy atom. The third-order valence-corrected chi connectivity index (χ3v) is 5.52. The van der Waals surface area contributed by atoms with Crippen molar-refractivity contribution < 1.29 is 14.1 Å². The number of amides is 3. The lowest BCUT2D eigenvalue weighted by atomic mass is 10.1. The van der Waals surface area contributed by atoms with E-state index in [1.54, 1.807) is 23.0 Å². The van der Waals surface area contributed by atoms with Crippen molar-refractivity contribution in [1.29, 1.82) is 0 Å². The van der Waals surface area contributed by atoms with Crippen LogP contribution >= 0.6 is 0 Å². The van der Waals surface area contributed by atoms with E-state index in [4.69, 9.17) is 4.52 Å². The molecule has 4 heterocycles. The summed E-state index contributed by atoms with van der Waals surface area (Å²) in [6.07, 6.45) is 4.80. The number of aromatic nitrogens is 3. The van der Waals surface area contributed by atoms with Gasteiger partial charge in [0.25, 0.3) is 0 Å². The second kappa shape index (κ2) is 6.71. The van der Waals surface area contributed by atoms with Crippen molar-refractivity contribution in [2.45, 2.75) is 32.7 Å². The van der Waals surface area contributed by atoms with Crippen LogP contribution in [0.3, 0.4) is 0 Å². The number of likely N-dealkylation sites (tertiary alicyclic amines) is 1. The Hall–Kier alpha value is -2.84. The summed E-state index contributed by atoms with van der Waals surface area (Å²) in [6, 6.07) is 0.125. The predicted molar refractivity (Wildman–Crippen MR) is 97.5 cm³/mol. The van der Waals surface area contributed by atoms with Crippen molar-refractivity contribution in [1.82, 2.24) is 24.7 Å². The van der Waals surface area contributed by atoms with Crippen LogP contribution in [0.1, 0.15) is 29.5 Å². The molecule has 0 aliphatic carbocycles. The van der Waals surface area contributed by atoms with E-state index in [1.807, 2.05) is 29.6 Å². The number of anilines is 1. The first-order valence-corrected chi connectivity index (χ1v) is 9.20. The van der Waals surface area contributed by atoms with Gasteiger partial charge in [-0.3, -0.25) is 14.4 Å². The summed E-state index contributed by atoms with van der Waals surface area (Å²) in [5.74, 6) is 0.782. The Bertz CT molecular complexity index is 853. The normalized spacial score (nSPS) is 20.2. The third-order valence-electron chi connectivity index (χ3n) is 5.52. The summed E-state index contributed by atoms with van der Waals surface area (Å²) in [4.78, 5) is 30.1. The molecule has 3 amide bonds. The Morgan fingerprint density at radius 2 is 2.11 bits per heavy atom. The molecule has 2 aliphatic rings. The molecule has 0 spiro atoms. The summed E-state index contributed by atoms with van der Waals surface area (Å²) < 4.78 is 7.03. The van der Waals surface area contributed by atoms with E-state index in [9.17, 15) is 9.59 Å². The van der Waals surface area contributed by atoms with E-state index < -0.39 is 0 Å². The molecule has 0 saturated carbocycles. The van der Waals surface area contributed by atoms with Crippen LogP contribution in [-0.2, 0) is 11.2 Å². The smallest absolute Gasteiger partial charge is 0.324 e. The molecule has 144 valence electrons. The van der Waals surface area contributed by atoms with Gasteiger partial charge in [0.05, 0.1) is 30.0 Å². The van der Waals surface area contributed by atoms with Gasteiger partial charge in [-0.2, -0.15) is 5.10 Å². The second-order valence-electron chi connectivity index (χ2n) is 7.30. The van der Waals surface area contributed by atoms with Gasteiger partial charge in [-0.05, 0) is 20.3 Å². The predicted octanol–water partition coefficient (Wildman–Crippen LogP) is 1.38. The molecule has 9 nitrogen and oxygen atoms in total. The molecule has 0 aromatic carbocycles. The van der Waals surface area contributed by atoms with Gasteiger partial charge in [0.2, 0.25) is 5.91 Å². The van der Waals surface area contributed by atoms with E-state index >= 15 is 0 Å². The van der Waals surface area contributed by atoms with Crippen LogP contribution < -0.4 is 4.90 Å². The highest BCUT2D eigenvalue weighted by Gasteiger charge is 2.31. The third kappa shape index (κ3) is 3.17. The summed E-state index contributed by atoms with van der Waals surface area (Å²) in [6.45, 7) is 6.40. The fraction of sp³-hybridized carbons (Fsp3) is 0.556. The minimum Gasteiger partial charge on any atom is -0.361 e. The monoisotopic (exact) mass is 372 g/mol. The summed E-state index contributed by atoms with van der Waals surface area (Å²) in [7, 11) is 1.80. The number of rotatable bonds is 4. The van der Waals surface area contributed by atoms with E-state index in [0.717, 1.165) is 29.9 Å². The minimum absolute atomic E-state index is 0.00256. The van der Waals surface area contributed by atoms with Crippen molar-refractivity contribution in [3.05, 3.63) is 29.4 Å². The zero-order valence-electron chi connectivity index (χ0n) is 15.9. The molecule has 0 bridgehead atoms. The highest BCUT2D eigenvalue weighted by Crippen LogP contribution is 2.26. The molecule has 2 fully saturated rings. The van der Waals surface area contributed by atoms with Gasteiger partial charge in [0.15, 0.2) is 0 Å². The molecular formula is C18H24N6O3. The SMILES string of the molecule is Cc1noc(C)c1CC(=O)N1CCC(n2cc(N3CCN(C)C3=O)cn2)C1. The Morgan fingerprint density at radius 1 is 1.30 bits per heavy atom. The topological polar surface area (TPSA) is 87.7 Å². The minimum atomic E-state index is -0.00256. The Labute approximate surface area is 157 Å². The molecule has 0 N–H and O–H groups in total. The van der Waals surface area contributed by atoms with Crippen molar-refractivity contribution >= 4 is 17.6 Å². The maximum Gasteiger partial charge on any atom is 0.324 e. The zero-order valence-corrected chi connectivity index (χ0v) is 15.9. The molecular weight excluding hydrogens is 348 g/mol. The van der Waals surface area contributed by atoms with Crippen LogP contribution in [-0.4, -0.2) is 69.9 Å². The van der Waals surface area contributed by atoms with E-state index in [2.05, 4.69) is 10.3 Å². The fourth-order valence-corrected chi connectivity index (χ4v) is 3.76. The number of hydrogen-bond acceptors (Lipinski definition) is 5. The van der Waals surface area contributed by atoms with Crippen LogP contribution in [0, 0.1) is 13.8 Å². The lowest BCUT2D eigenvalue weighted by Crippen LogP contribution is -2.30. The highest BCUT2D eigenvalue weighted by atomic mass is 16.5. The molecule has 2 aromatic heterocycles. The van der Waals surface area contributed by atoms with E-state index in [-0.39, 0.29) is 18.0 Å². The molecule has 2 aromatic rings. The Balaban J connectivity index is 1.40. The van der Waals surface area contributed by atoms with Crippen molar-refractivity contribution in [2.24, 2.45) is 0 Å². The van der Waals surface area contributed by atoms with Gasteiger partial charge in [-0.15, -0.1) is 0 Å². The fourth-order valence-electron chi connectivity index (χ4n) is 3.76. The number of urea groups is 1. The lowest BCUT2D eigenvalue weighted by molar-refractivity contribution is -0.129. The van der Waals surface area contributed by atoms with Gasteiger partial charge in [-0.25, -0.2) is 4.79 Å². The first-order valence-electron chi connectivity index (χ1n) is 9.20. The molecule has 2 saturated heterocycles. The summed E-state index contributed by atoms with van der Waals surface area (Å²) in [5, 5.41) is 8.36. The number of carbonyl (C=O) groups excluding carboxylic acids is 2. The number of hydrogen-bond donors (Lipinski definition) is 0. The molecule has 27 heavy (non-hydrogen) atoms. The summed E-state index contributed by atoms with van der Waals surface area (Å²) in [5.41, 5.74) is 2.46. The molecule has 9 heteroatoms. The quantitative estimate of drug-likeness (QED) is 0.809. The summed E-state index contributed by atoms with van der Waals surface area (Å²) >= 11 is 0. The zero-order chi connectivity index (χ0) is 19.1. The van der Waals surface area contributed by atoms with E-state index in [1.165, 1.54) is 0 Å². The van der Waals surface area contributed by atoms with Gasteiger partial charge < -0.3 is 14.3 Å². The van der Waals surface area contributed by atoms with Gasteiger partial charge in [0.1, 0.15) is 5.76 Å². The molecule has 4 rings (SSSR count). The molecule has 1 unspecified atom stereocenters. The standard InChI is InChI=1S/C18H24N6O3/c1-12-16(13(2)27-20-12)8-17(25)22-5-4-14(10-22)24-11-15(9-19-24)23-7-6-21(3)18(23)26/h9,11,14H,4-8,10H2,1-3H3. The van der Waals surface area contributed by atoms with Crippen molar-refractivity contribution in [3.8, 4) is 0 Å². The molecule has 0 radical (unpaired) electrons. The lowest BCUT2D eigenvalue weighted by Gasteiger charge is -2.17. The molecule has 1 atom stereocenters. The average Bonchev–Trinajstić information content (AvgIpc) is 3.41. The number of carbonyl (C=O) groups is 2. The number of likely N-dealkylation sites (N-methyl/N-ethyl adjacent to an activating group) is 1. The Kier molecular flexibility index (Phi) is 4.37. The van der Waals surface area contributed by atoms with Crippen LogP contribution in [0.15, 0.2) is 16.9 Å². The largest absolute Gasteiger partial charge is 0.361 e. The van der Waals surface area contributed by atoms with Gasteiger partial charge in [0, 0.05) is 45.0 Å². The second-order valence-corrected chi connectivity index (χ2v) is 7.30. The average molecular weight is 372 g/mol. The maximum absolute atomic E-state index is 12.7. The number of nitrogens with zero attached hydrogens (tertiary/aromatic N) is 6. The van der Waals surface area contributed by atoms with Crippen molar-refractivity contribution in [3.63, 3.8) is 0 Å². The first-order chi connectivity index (χ1) is 12.9. The van der Waals surface area contributed by atoms with Crippen LogP contribution in [0.5, 0.6) is 0 Å². The molecule has 2 aliphatic heterocycles. The van der Waals surface area contributed by atoms with E-state index in [0.29, 0.717) is 31.8 Å². The van der Waals surface area contributed by atoms with Crippen LogP contribution in [0.4, 0.5) is 10.5 Å². The van der Waals surface area contributed by atoms with Gasteiger partial charge in [-0.1, -0.05) is 5.16 Å². The van der Waals surface area contributed by atoms with Gasteiger partial charge >= 0.3 is 6.03 Å². The maximum atomic E-state index is 12.7. The van der Waals surface area contributed by atoms with Crippen LogP contribution in [0.2, 0.25) is 0 Å². The highest BCUT2D eigenvalue weighted by molar-refractivity contribution is 5.93.